The largest absolute Gasteiger partial charge is 0.492 e. The van der Waals surface area contributed by atoms with Gasteiger partial charge in [0.25, 0.3) is 0 Å². The van der Waals surface area contributed by atoms with Crippen LogP contribution in [0.3, 0.4) is 0 Å². The predicted molar refractivity (Wildman–Crippen MR) is 161 cm³/mol. The molecular weight excluding hydrogens is 606 g/mol. The van der Waals surface area contributed by atoms with Crippen LogP contribution in [0.25, 0.3) is 11.1 Å². The van der Waals surface area contributed by atoms with E-state index >= 15 is 0 Å². The van der Waals surface area contributed by atoms with E-state index < -0.39 is 45.2 Å². The molecule has 0 aromatic heterocycles. The number of amides is 3. The van der Waals surface area contributed by atoms with Gasteiger partial charge in [-0.15, -0.1) is 0 Å². The zero-order valence-electron chi connectivity index (χ0n) is 24.4. The normalized spacial score (nSPS) is 22.8. The lowest BCUT2D eigenvalue weighted by atomic mass is 9.84. The number of ether oxygens (including phenoxy) is 1. The van der Waals surface area contributed by atoms with Crippen LogP contribution in [0.5, 0.6) is 5.75 Å². The third kappa shape index (κ3) is 6.37. The van der Waals surface area contributed by atoms with Crippen molar-refractivity contribution in [1.82, 2.24) is 19.8 Å². The van der Waals surface area contributed by atoms with Crippen LogP contribution in [0.2, 0.25) is 0 Å². The molecule has 2 atom stereocenters. The Morgan fingerprint density at radius 1 is 1.04 bits per heavy atom. The van der Waals surface area contributed by atoms with Crippen molar-refractivity contribution in [1.29, 1.82) is 0 Å². The molecule has 238 valence electrons. The number of sulfonamides is 1. The number of halogens is 2. The average Bonchev–Trinajstić information content (AvgIpc) is 3.43. The first-order valence-corrected chi connectivity index (χ1v) is 16.3. The summed E-state index contributed by atoms with van der Waals surface area (Å²) >= 11 is 0. The van der Waals surface area contributed by atoms with Crippen LogP contribution < -0.4 is 15.4 Å². The molecule has 3 aromatic rings. The standard InChI is InChI=1S/C32H34F2N4O6S/c33-23-7-8-25(26(34)17-23)22-6-9-29-28(16-22)44-15-12-32(36-30(40)27-18-24(39)20-38(27)45(29,42)43)10-13-37(14-11-32)31(41)35-19-21-4-2-1-3-5-21/h1-9,16-17,24,27,39H,10-15,18-20H2,(H,35,41)(H,36,40)/t24-,27+/m1/s1. The highest BCUT2D eigenvalue weighted by molar-refractivity contribution is 7.89. The second-order valence-corrected chi connectivity index (χ2v) is 13.6. The lowest BCUT2D eigenvalue weighted by molar-refractivity contribution is -0.127. The molecule has 13 heteroatoms. The van der Waals surface area contributed by atoms with E-state index in [9.17, 15) is 31.9 Å². The summed E-state index contributed by atoms with van der Waals surface area (Å²) in [6.45, 7) is 0.813. The van der Waals surface area contributed by atoms with Crippen molar-refractivity contribution in [3.63, 3.8) is 0 Å². The Kier molecular flexibility index (Phi) is 8.51. The van der Waals surface area contributed by atoms with E-state index in [0.29, 0.717) is 38.9 Å². The molecule has 45 heavy (non-hydrogen) atoms. The second-order valence-electron chi connectivity index (χ2n) is 11.8. The quantitative estimate of drug-likeness (QED) is 0.403. The average molecular weight is 641 g/mol. The number of urea groups is 1. The molecule has 0 aliphatic carbocycles. The molecule has 3 aliphatic heterocycles. The van der Waals surface area contributed by atoms with E-state index in [2.05, 4.69) is 10.6 Å². The van der Waals surface area contributed by atoms with E-state index in [4.69, 9.17) is 4.74 Å². The van der Waals surface area contributed by atoms with Crippen molar-refractivity contribution < 1.29 is 36.6 Å². The molecule has 6 rings (SSSR count). The highest BCUT2D eigenvalue weighted by Gasteiger charge is 2.47. The number of hydrogen-bond donors (Lipinski definition) is 3. The number of rotatable bonds is 3. The monoisotopic (exact) mass is 640 g/mol. The molecule has 3 heterocycles. The molecule has 0 saturated carbocycles. The van der Waals surface area contributed by atoms with Crippen molar-refractivity contribution in [3.05, 3.63) is 83.9 Å². The summed E-state index contributed by atoms with van der Waals surface area (Å²) in [7, 11) is -4.34. The van der Waals surface area contributed by atoms with Crippen molar-refractivity contribution in [3.8, 4) is 16.9 Å². The fraction of sp³-hybridized carbons (Fsp3) is 0.375. The Balaban J connectivity index is 1.26. The fourth-order valence-corrected chi connectivity index (χ4v) is 8.05. The van der Waals surface area contributed by atoms with Gasteiger partial charge in [0.2, 0.25) is 15.9 Å². The number of nitrogens with one attached hydrogen (secondary N) is 2. The molecule has 0 radical (unpaired) electrons. The van der Waals surface area contributed by atoms with Crippen molar-refractivity contribution in [2.45, 2.75) is 54.8 Å². The van der Waals surface area contributed by atoms with E-state index in [1.54, 1.807) is 4.90 Å². The van der Waals surface area contributed by atoms with Crippen molar-refractivity contribution in [2.24, 2.45) is 0 Å². The Morgan fingerprint density at radius 3 is 2.53 bits per heavy atom. The first-order chi connectivity index (χ1) is 21.5. The SMILES string of the molecule is O=C1NC2(CCOc3cc(-c4ccc(F)cc4F)ccc3S(=O)(=O)N3C[C@H](O)C[C@@H]13)CCN(C(=O)NCc1ccccc1)CC2. The zero-order valence-corrected chi connectivity index (χ0v) is 25.2. The number of benzene rings is 3. The van der Waals surface area contributed by atoms with Gasteiger partial charge >= 0.3 is 6.03 Å². The first kappa shape index (κ1) is 30.9. The number of carbonyl (C=O) groups excluding carboxylic acids is 2. The van der Waals surface area contributed by atoms with Gasteiger partial charge in [-0.3, -0.25) is 4.79 Å². The van der Waals surface area contributed by atoms with Gasteiger partial charge in [-0.25, -0.2) is 22.0 Å². The van der Waals surface area contributed by atoms with Gasteiger partial charge in [-0.2, -0.15) is 4.31 Å². The van der Waals surface area contributed by atoms with Gasteiger partial charge < -0.3 is 25.4 Å². The fourth-order valence-electron chi connectivity index (χ4n) is 6.30. The van der Waals surface area contributed by atoms with Crippen molar-refractivity contribution in [2.75, 3.05) is 26.2 Å². The Bertz CT molecular complexity index is 1700. The third-order valence-corrected chi connectivity index (χ3v) is 10.7. The zero-order chi connectivity index (χ0) is 31.8. The summed E-state index contributed by atoms with van der Waals surface area (Å²) in [5.41, 5.74) is 0.515. The molecule has 2 saturated heterocycles. The highest BCUT2D eigenvalue weighted by atomic mass is 32.2. The Labute approximate surface area is 260 Å². The van der Waals surface area contributed by atoms with Crippen LogP contribution in [-0.4, -0.2) is 78.6 Å². The predicted octanol–water partition coefficient (Wildman–Crippen LogP) is 3.40. The topological polar surface area (TPSA) is 128 Å². The van der Waals surface area contributed by atoms with E-state index in [0.717, 1.165) is 22.0 Å². The molecule has 3 aromatic carbocycles. The van der Waals surface area contributed by atoms with Crippen LogP contribution in [0.1, 0.15) is 31.2 Å². The molecule has 1 spiro atoms. The summed E-state index contributed by atoms with van der Waals surface area (Å²) in [5, 5.41) is 16.5. The van der Waals surface area contributed by atoms with Crippen LogP contribution in [0.15, 0.2) is 71.6 Å². The number of nitrogens with zero attached hydrogens (tertiary/aromatic N) is 2. The van der Waals surface area contributed by atoms with Gasteiger partial charge in [0.15, 0.2) is 0 Å². The highest BCUT2D eigenvalue weighted by Crippen LogP contribution is 2.38. The van der Waals surface area contributed by atoms with Gasteiger partial charge in [0.1, 0.15) is 28.3 Å². The van der Waals surface area contributed by atoms with E-state index in [1.807, 2.05) is 30.3 Å². The van der Waals surface area contributed by atoms with Crippen LogP contribution >= 0.6 is 0 Å². The molecule has 10 nitrogen and oxygen atoms in total. The second kappa shape index (κ2) is 12.4. The molecule has 3 N–H and O–H groups in total. The Hall–Kier alpha value is -4.07. The summed E-state index contributed by atoms with van der Waals surface area (Å²) in [6, 6.07) is 15.3. The Morgan fingerprint density at radius 2 is 1.80 bits per heavy atom. The maximum absolute atomic E-state index is 14.6. The number of piperidine rings is 1. The van der Waals surface area contributed by atoms with E-state index in [1.165, 1.54) is 24.3 Å². The minimum atomic E-state index is -4.34. The molecule has 0 unspecified atom stereocenters. The molecule has 0 bridgehead atoms. The number of hydrogen-bond acceptors (Lipinski definition) is 6. The number of fused-ring (bicyclic) bond motifs is 2. The van der Waals surface area contributed by atoms with Gasteiger partial charge in [-0.1, -0.05) is 36.4 Å². The number of likely N-dealkylation sites (tertiary alicyclic amines) is 1. The van der Waals surface area contributed by atoms with Crippen LogP contribution in [-0.2, 0) is 21.4 Å². The molecular formula is C32H34F2N4O6S. The molecule has 3 aliphatic rings. The van der Waals surface area contributed by atoms with Gasteiger partial charge in [0.05, 0.1) is 12.7 Å². The third-order valence-electron chi connectivity index (χ3n) is 8.83. The minimum absolute atomic E-state index is 0.0195. The summed E-state index contributed by atoms with van der Waals surface area (Å²) < 4.78 is 63.1. The number of aliphatic hydroxyl groups is 1. The van der Waals surface area contributed by atoms with Crippen LogP contribution in [0.4, 0.5) is 13.6 Å². The first-order valence-electron chi connectivity index (χ1n) is 14.9. The molecule has 3 amide bonds. The molecule has 2 fully saturated rings. The summed E-state index contributed by atoms with van der Waals surface area (Å²) in [5.74, 6) is -2.12. The van der Waals surface area contributed by atoms with Crippen molar-refractivity contribution >= 4 is 22.0 Å². The maximum Gasteiger partial charge on any atom is 0.317 e. The maximum atomic E-state index is 14.6. The summed E-state index contributed by atoms with van der Waals surface area (Å²) in [6.07, 6.45) is -0.0269. The number of aliphatic hydroxyl groups excluding tert-OH is 1. The minimum Gasteiger partial charge on any atom is -0.492 e. The lowest BCUT2D eigenvalue weighted by Crippen LogP contribution is -2.60. The van der Waals surface area contributed by atoms with E-state index in [-0.39, 0.29) is 47.4 Å². The van der Waals surface area contributed by atoms with Gasteiger partial charge in [-0.05, 0) is 48.2 Å². The van der Waals surface area contributed by atoms with Gasteiger partial charge in [0, 0.05) is 56.2 Å². The smallest absolute Gasteiger partial charge is 0.317 e. The summed E-state index contributed by atoms with van der Waals surface area (Å²) in [4.78, 5) is 28.1. The lowest BCUT2D eigenvalue weighted by Gasteiger charge is -2.43. The number of carbonyl (C=O) groups is 2. The van der Waals surface area contributed by atoms with Crippen LogP contribution in [0, 0.1) is 11.6 Å².